The van der Waals surface area contributed by atoms with Crippen LogP contribution >= 0.6 is 0 Å². The van der Waals surface area contributed by atoms with Crippen LogP contribution in [0.5, 0.6) is 5.75 Å². The van der Waals surface area contributed by atoms with Crippen LogP contribution in [0.2, 0.25) is 0 Å². The summed E-state index contributed by atoms with van der Waals surface area (Å²) in [4.78, 5) is 8.53. The van der Waals surface area contributed by atoms with E-state index in [0.29, 0.717) is 5.75 Å². The van der Waals surface area contributed by atoms with E-state index in [9.17, 15) is 0 Å². The van der Waals surface area contributed by atoms with Gasteiger partial charge >= 0.3 is 0 Å². The number of hydrogen-bond donors (Lipinski definition) is 1. The van der Waals surface area contributed by atoms with Gasteiger partial charge in [-0.05, 0) is 61.7 Å². The van der Waals surface area contributed by atoms with Crippen molar-refractivity contribution in [1.82, 2.24) is 20.2 Å². The van der Waals surface area contributed by atoms with E-state index < -0.39 is 0 Å². The van der Waals surface area contributed by atoms with Crippen molar-refractivity contribution < 1.29 is 4.74 Å². The van der Waals surface area contributed by atoms with Gasteiger partial charge in [-0.2, -0.15) is 5.10 Å². The minimum atomic E-state index is 0.698. The first-order valence-electron chi connectivity index (χ1n) is 9.25. The monoisotopic (exact) mass is 380 g/mol. The minimum absolute atomic E-state index is 0.698. The number of rotatable bonds is 3. The zero-order valence-electron chi connectivity index (χ0n) is 16.5. The second kappa shape index (κ2) is 7.99. The molecule has 0 bridgehead atoms. The first-order valence-corrected chi connectivity index (χ1v) is 9.25. The number of benzene rings is 1. The maximum absolute atomic E-state index is 5.60. The Labute approximate surface area is 169 Å². The fourth-order valence-corrected chi connectivity index (χ4v) is 3.20. The Hall–Kier alpha value is -3.91. The van der Waals surface area contributed by atoms with Crippen molar-refractivity contribution in [3.05, 3.63) is 83.6 Å². The van der Waals surface area contributed by atoms with E-state index in [1.54, 1.807) is 19.5 Å². The van der Waals surface area contributed by atoms with Gasteiger partial charge in [-0.3, -0.25) is 10.1 Å². The van der Waals surface area contributed by atoms with Gasteiger partial charge in [-0.1, -0.05) is 18.1 Å². The molecule has 3 aromatic heterocycles. The Balaban J connectivity index is 1.74. The molecule has 1 N–H and O–H groups in total. The summed E-state index contributed by atoms with van der Waals surface area (Å²) in [6.45, 7) is 3.96. The van der Waals surface area contributed by atoms with Crippen LogP contribution in [0.3, 0.4) is 0 Å². The van der Waals surface area contributed by atoms with Crippen LogP contribution in [-0.2, 0) is 0 Å². The summed E-state index contributed by atoms with van der Waals surface area (Å²) in [5, 5.41) is 7.61. The largest absolute Gasteiger partial charge is 0.495 e. The van der Waals surface area contributed by atoms with Crippen LogP contribution in [-0.4, -0.2) is 27.3 Å². The van der Waals surface area contributed by atoms with Crippen LogP contribution in [0.15, 0.2) is 60.9 Å². The van der Waals surface area contributed by atoms with E-state index in [4.69, 9.17) is 4.74 Å². The van der Waals surface area contributed by atoms with Crippen LogP contribution in [0.1, 0.15) is 22.6 Å². The summed E-state index contributed by atoms with van der Waals surface area (Å²) in [7, 11) is 1.65. The molecule has 5 nitrogen and oxygen atoms in total. The predicted octanol–water partition coefficient (Wildman–Crippen LogP) is 4.56. The molecule has 4 aromatic rings. The summed E-state index contributed by atoms with van der Waals surface area (Å²) >= 11 is 0. The molecule has 0 fully saturated rings. The van der Waals surface area contributed by atoms with Crippen molar-refractivity contribution in [2.24, 2.45) is 0 Å². The van der Waals surface area contributed by atoms with Crippen LogP contribution < -0.4 is 4.74 Å². The maximum atomic E-state index is 5.60. The quantitative estimate of drug-likeness (QED) is 0.529. The number of nitrogens with one attached hydrogen (secondary N) is 1. The zero-order valence-corrected chi connectivity index (χ0v) is 16.5. The van der Waals surface area contributed by atoms with Gasteiger partial charge in [-0.25, -0.2) is 4.98 Å². The van der Waals surface area contributed by atoms with Crippen molar-refractivity contribution in [1.29, 1.82) is 0 Å². The molecular formula is C24H20N4O. The summed E-state index contributed by atoms with van der Waals surface area (Å²) in [5.74, 6) is 6.97. The predicted molar refractivity (Wildman–Crippen MR) is 113 cm³/mol. The second-order valence-corrected chi connectivity index (χ2v) is 6.64. The average Bonchev–Trinajstić information content (AvgIpc) is 3.14. The third-order valence-electron chi connectivity index (χ3n) is 4.60. The molecule has 0 aliphatic carbocycles. The number of aromatic nitrogens is 4. The van der Waals surface area contributed by atoms with Crippen molar-refractivity contribution in [2.45, 2.75) is 13.8 Å². The highest BCUT2D eigenvalue weighted by atomic mass is 16.5. The molecule has 0 amide bonds. The second-order valence-electron chi connectivity index (χ2n) is 6.64. The van der Waals surface area contributed by atoms with E-state index in [2.05, 4.69) is 32.0 Å². The van der Waals surface area contributed by atoms with Crippen LogP contribution in [0, 0.1) is 25.7 Å². The Morgan fingerprint density at radius 1 is 0.931 bits per heavy atom. The van der Waals surface area contributed by atoms with Gasteiger partial charge in [0.25, 0.3) is 0 Å². The fraction of sp³-hybridized carbons (Fsp3) is 0.125. The van der Waals surface area contributed by atoms with Gasteiger partial charge in [0.05, 0.1) is 12.7 Å². The third kappa shape index (κ3) is 3.87. The Bertz CT molecular complexity index is 1220. The molecule has 0 radical (unpaired) electrons. The normalized spacial score (nSPS) is 10.3. The first-order chi connectivity index (χ1) is 14.2. The maximum Gasteiger partial charge on any atom is 0.135 e. The summed E-state index contributed by atoms with van der Waals surface area (Å²) < 4.78 is 5.60. The molecule has 0 atom stereocenters. The highest BCUT2D eigenvalue weighted by molar-refractivity contribution is 5.83. The Morgan fingerprint density at radius 2 is 1.76 bits per heavy atom. The van der Waals surface area contributed by atoms with E-state index >= 15 is 0 Å². The molecule has 29 heavy (non-hydrogen) atoms. The molecule has 142 valence electrons. The molecule has 0 unspecified atom stereocenters. The van der Waals surface area contributed by atoms with Crippen LogP contribution in [0.25, 0.3) is 22.4 Å². The minimum Gasteiger partial charge on any atom is -0.495 e. The summed E-state index contributed by atoms with van der Waals surface area (Å²) in [6, 6.07) is 15.7. The Morgan fingerprint density at radius 3 is 2.52 bits per heavy atom. The standard InChI is InChI=1S/C24H20N4O/c1-16-5-4-6-21(26-16)10-9-18-7-8-20(15-22(18)29-3)24-23(17(2)27-28-24)19-11-13-25-14-12-19/h4-8,11-15H,1-3H3,(H,27,28). The molecule has 3 heterocycles. The van der Waals surface area contributed by atoms with Gasteiger partial charge in [-0.15, -0.1) is 0 Å². The number of nitrogens with zero attached hydrogens (tertiary/aromatic N) is 3. The van der Waals surface area contributed by atoms with E-state index in [-0.39, 0.29) is 0 Å². The lowest BCUT2D eigenvalue weighted by molar-refractivity contribution is 0.414. The van der Waals surface area contributed by atoms with E-state index in [1.807, 2.05) is 62.4 Å². The van der Waals surface area contributed by atoms with Crippen molar-refractivity contribution >= 4 is 0 Å². The van der Waals surface area contributed by atoms with Crippen molar-refractivity contribution in [2.75, 3.05) is 7.11 Å². The smallest absolute Gasteiger partial charge is 0.135 e. The van der Waals surface area contributed by atoms with Crippen LogP contribution in [0.4, 0.5) is 0 Å². The lowest BCUT2D eigenvalue weighted by Crippen LogP contribution is -1.91. The molecule has 0 aliphatic heterocycles. The molecule has 0 saturated carbocycles. The number of aryl methyl sites for hydroxylation is 2. The molecule has 0 aliphatic rings. The van der Waals surface area contributed by atoms with E-state index in [0.717, 1.165) is 45.0 Å². The van der Waals surface area contributed by atoms with Gasteiger partial charge in [0, 0.05) is 34.9 Å². The Kier molecular flexibility index (Phi) is 5.08. The number of ether oxygens (including phenoxy) is 1. The van der Waals surface area contributed by atoms with Gasteiger partial charge < -0.3 is 4.74 Å². The highest BCUT2D eigenvalue weighted by Gasteiger charge is 2.15. The number of aromatic amines is 1. The van der Waals surface area contributed by atoms with Gasteiger partial charge in [0.2, 0.25) is 0 Å². The van der Waals surface area contributed by atoms with Gasteiger partial charge in [0.15, 0.2) is 0 Å². The molecule has 1 aromatic carbocycles. The average molecular weight is 380 g/mol. The van der Waals surface area contributed by atoms with Crippen molar-refractivity contribution in [3.8, 4) is 40.0 Å². The summed E-state index contributed by atoms with van der Waals surface area (Å²) in [6.07, 6.45) is 3.56. The number of methoxy groups -OCH3 is 1. The molecule has 4 rings (SSSR count). The topological polar surface area (TPSA) is 63.7 Å². The molecule has 0 saturated heterocycles. The molecule has 5 heteroatoms. The summed E-state index contributed by atoms with van der Waals surface area (Å²) in [5.41, 5.74) is 7.42. The van der Waals surface area contributed by atoms with Crippen molar-refractivity contribution in [3.63, 3.8) is 0 Å². The third-order valence-corrected chi connectivity index (χ3v) is 4.60. The molecule has 0 spiro atoms. The molecular weight excluding hydrogens is 360 g/mol. The lowest BCUT2D eigenvalue weighted by Gasteiger charge is -2.08. The number of pyridine rings is 2. The SMILES string of the molecule is COc1cc(-c2n[nH]c(C)c2-c2ccncc2)ccc1C#Cc1cccc(C)n1. The van der Waals surface area contributed by atoms with E-state index in [1.165, 1.54) is 0 Å². The number of H-pyrrole nitrogens is 1. The van der Waals surface area contributed by atoms with Gasteiger partial charge in [0.1, 0.15) is 17.1 Å². The number of hydrogen-bond acceptors (Lipinski definition) is 4. The zero-order chi connectivity index (χ0) is 20.2. The first kappa shape index (κ1) is 18.5. The lowest BCUT2D eigenvalue weighted by atomic mass is 9.99. The fourth-order valence-electron chi connectivity index (χ4n) is 3.20. The highest BCUT2D eigenvalue weighted by Crippen LogP contribution is 2.34.